The van der Waals surface area contributed by atoms with Crippen molar-refractivity contribution in [2.24, 2.45) is 10.7 Å². The quantitative estimate of drug-likeness (QED) is 0.227. The van der Waals surface area contributed by atoms with Gasteiger partial charge in [0.1, 0.15) is 11.4 Å². The minimum absolute atomic E-state index is 0.0359. The van der Waals surface area contributed by atoms with Crippen molar-refractivity contribution in [1.29, 1.82) is 5.26 Å². The van der Waals surface area contributed by atoms with E-state index in [9.17, 15) is 23.3 Å². The molecule has 0 unspecified atom stereocenters. The highest BCUT2D eigenvalue weighted by Gasteiger charge is 2.35. The van der Waals surface area contributed by atoms with E-state index in [1.807, 2.05) is 17.0 Å². The van der Waals surface area contributed by atoms with Crippen LogP contribution in [0.5, 0.6) is 0 Å². The maximum atomic E-state index is 13.0. The second-order valence-electron chi connectivity index (χ2n) is 11.7. The Labute approximate surface area is 263 Å². The number of sulfonamides is 1. The van der Waals surface area contributed by atoms with E-state index >= 15 is 0 Å². The number of piperidine rings is 1. The molecule has 2 saturated heterocycles. The zero-order chi connectivity index (χ0) is 32.2. The molecule has 236 valence electrons. The lowest BCUT2D eigenvalue weighted by molar-refractivity contribution is -0.117. The van der Waals surface area contributed by atoms with Crippen molar-refractivity contribution in [3.05, 3.63) is 82.3 Å². The maximum absolute atomic E-state index is 13.0. The molecule has 0 radical (unpaired) electrons. The van der Waals surface area contributed by atoms with E-state index < -0.39 is 21.1 Å². The molecule has 13 heteroatoms. The van der Waals surface area contributed by atoms with E-state index in [2.05, 4.69) is 38.4 Å². The lowest BCUT2D eigenvalue weighted by Crippen LogP contribution is -2.49. The molecule has 2 aromatic carbocycles. The van der Waals surface area contributed by atoms with Crippen LogP contribution in [-0.2, 0) is 21.4 Å². The number of carbonyl (C=O) groups is 1. The molecule has 5 rings (SSSR count). The number of amidine groups is 1. The third kappa shape index (κ3) is 7.09. The summed E-state index contributed by atoms with van der Waals surface area (Å²) in [6.07, 6.45) is 4.61. The average molecular weight is 631 g/mol. The van der Waals surface area contributed by atoms with Crippen LogP contribution >= 0.6 is 0 Å². The third-order valence-corrected chi connectivity index (χ3v) is 10.3. The molecule has 3 aromatic rings. The van der Waals surface area contributed by atoms with Crippen LogP contribution < -0.4 is 21.5 Å². The number of H-pyrrole nitrogens is 1. The molecule has 0 spiro atoms. The molecule has 4 N–H and O–H groups in total. The Morgan fingerprint density at radius 3 is 2.36 bits per heavy atom. The monoisotopic (exact) mass is 630 g/mol. The van der Waals surface area contributed by atoms with E-state index in [0.717, 1.165) is 48.2 Å². The third-order valence-electron chi connectivity index (χ3n) is 8.44. The number of rotatable bonds is 10. The first-order chi connectivity index (χ1) is 21.5. The fraction of sp³-hybridized carbons (Fsp3) is 0.375. The van der Waals surface area contributed by atoms with Gasteiger partial charge in [0.05, 0.1) is 34.3 Å². The summed E-state index contributed by atoms with van der Waals surface area (Å²) < 4.78 is 25.9. The van der Waals surface area contributed by atoms with Gasteiger partial charge < -0.3 is 20.9 Å². The van der Waals surface area contributed by atoms with Gasteiger partial charge in [-0.05, 0) is 67.3 Å². The van der Waals surface area contributed by atoms with Crippen LogP contribution in [0.1, 0.15) is 43.2 Å². The molecule has 1 amide bonds. The summed E-state index contributed by atoms with van der Waals surface area (Å²) in [5.74, 6) is 0.134. The van der Waals surface area contributed by atoms with Crippen LogP contribution in [0.25, 0.3) is 0 Å². The number of aromatic amines is 1. The number of nitrogens with zero attached hydrogens (tertiary/aromatic N) is 5. The Bertz CT molecular complexity index is 1770. The van der Waals surface area contributed by atoms with Crippen molar-refractivity contribution in [3.63, 3.8) is 0 Å². The molecule has 2 aliphatic heterocycles. The first kappa shape index (κ1) is 31.9. The van der Waals surface area contributed by atoms with Crippen molar-refractivity contribution in [3.8, 4) is 6.07 Å². The van der Waals surface area contributed by atoms with E-state index in [-0.39, 0.29) is 28.6 Å². The second kappa shape index (κ2) is 13.2. The largest absolute Gasteiger partial charge is 0.383 e. The van der Waals surface area contributed by atoms with Gasteiger partial charge in [0, 0.05) is 58.6 Å². The van der Waals surface area contributed by atoms with Crippen molar-refractivity contribution >= 4 is 38.8 Å². The zero-order valence-electron chi connectivity index (χ0n) is 25.5. The van der Waals surface area contributed by atoms with Gasteiger partial charge >= 0.3 is 0 Å². The summed E-state index contributed by atoms with van der Waals surface area (Å²) in [6, 6.07) is 18.1. The van der Waals surface area contributed by atoms with Gasteiger partial charge in [0.2, 0.25) is 15.9 Å². The highest BCUT2D eigenvalue weighted by Crippen LogP contribution is 2.32. The summed E-state index contributed by atoms with van der Waals surface area (Å²) in [5, 5.41) is 13.2. The normalized spacial score (nSPS) is 17.4. The number of hydrogen-bond acceptors (Lipinski definition) is 8. The molecule has 0 atom stereocenters. The zero-order valence-corrected chi connectivity index (χ0v) is 26.3. The Morgan fingerprint density at radius 1 is 1.07 bits per heavy atom. The van der Waals surface area contributed by atoms with Crippen LogP contribution in [0, 0.1) is 11.3 Å². The van der Waals surface area contributed by atoms with Crippen molar-refractivity contribution in [2.45, 2.75) is 49.1 Å². The molecule has 0 saturated carbocycles. The van der Waals surface area contributed by atoms with E-state index in [0.29, 0.717) is 30.6 Å². The smallest absolute Gasteiger partial charge is 0.261 e. The van der Waals surface area contributed by atoms with Crippen molar-refractivity contribution in [1.82, 2.24) is 14.2 Å². The number of nitrogens with two attached hydrogens (primary N) is 1. The number of likely N-dealkylation sites (tertiary alicyclic amines) is 1. The topological polar surface area (TPSA) is 168 Å². The van der Waals surface area contributed by atoms with E-state index in [4.69, 9.17) is 5.73 Å². The number of pyridine rings is 1. The van der Waals surface area contributed by atoms with Crippen LogP contribution in [0.2, 0.25) is 0 Å². The predicted octanol–water partition coefficient (Wildman–Crippen LogP) is 3.15. The van der Waals surface area contributed by atoms with Gasteiger partial charge in [-0.15, -0.1) is 0 Å². The Kier molecular flexibility index (Phi) is 9.38. The highest BCUT2D eigenvalue weighted by atomic mass is 32.2. The number of amides is 1. The number of carbonyl (C=O) groups excluding carboxylic acids is 1. The Morgan fingerprint density at radius 2 is 1.76 bits per heavy atom. The number of benzene rings is 2. The van der Waals surface area contributed by atoms with Crippen LogP contribution in [-0.4, -0.2) is 73.6 Å². The molecule has 2 aliphatic rings. The van der Waals surface area contributed by atoms with E-state index in [1.54, 1.807) is 6.07 Å². The van der Waals surface area contributed by atoms with Crippen molar-refractivity contribution < 1.29 is 13.2 Å². The van der Waals surface area contributed by atoms with Crippen LogP contribution in [0.15, 0.2) is 75.5 Å². The number of anilines is 2. The molecule has 1 aromatic heterocycles. The Hall–Kier alpha value is -4.51. The van der Waals surface area contributed by atoms with Gasteiger partial charge in [-0.25, -0.2) is 17.7 Å². The summed E-state index contributed by atoms with van der Waals surface area (Å²) in [7, 11) is -0.688. The highest BCUT2D eigenvalue weighted by molar-refractivity contribution is 7.89. The molecular weight excluding hydrogens is 592 g/mol. The maximum Gasteiger partial charge on any atom is 0.261 e. The summed E-state index contributed by atoms with van der Waals surface area (Å²) in [5.41, 5.74) is 8.45. The number of aromatic nitrogens is 1. The lowest BCUT2D eigenvalue weighted by atomic mass is 9.84. The standard InChI is InChI=1S/C32H38N8O4S/c1-38(2)45(43,44)26-11-7-24(8-12-26)36-30(34)29-27(13-18-35-31(29)42)37-32(14-17-33)15-20-39(21-16-32)22-23-5-9-25(10-6-23)40-19-3-4-28(40)41/h5-13,18H,3-4,14-16,19-22H2,1-2H3,(H2,34,36)(H2,35,37,42). The van der Waals surface area contributed by atoms with Gasteiger partial charge in [-0.3, -0.25) is 14.5 Å². The van der Waals surface area contributed by atoms with Gasteiger partial charge in [0.15, 0.2) is 0 Å². The second-order valence-corrected chi connectivity index (χ2v) is 13.9. The molecule has 45 heavy (non-hydrogen) atoms. The number of aliphatic imine (C=N–C) groups is 1. The SMILES string of the molecule is CN(C)S(=O)(=O)c1ccc(N=C(N)c2c(NC3(CC#N)CCN(Cc4ccc(N5CCCC5=O)cc4)CC3)cc[nH]c2=O)cc1. The van der Waals surface area contributed by atoms with Crippen LogP contribution in [0.4, 0.5) is 17.1 Å². The van der Waals surface area contributed by atoms with Gasteiger partial charge in [-0.2, -0.15) is 5.26 Å². The molecule has 12 nitrogen and oxygen atoms in total. The number of nitrogens with one attached hydrogen (secondary N) is 2. The summed E-state index contributed by atoms with van der Waals surface area (Å²) in [4.78, 5) is 36.4. The summed E-state index contributed by atoms with van der Waals surface area (Å²) >= 11 is 0. The molecular formula is C32H38N8O4S. The molecule has 2 fully saturated rings. The fourth-order valence-corrected chi connectivity index (χ4v) is 6.72. The van der Waals surface area contributed by atoms with Gasteiger partial charge in [-0.1, -0.05) is 12.1 Å². The predicted molar refractivity (Wildman–Crippen MR) is 174 cm³/mol. The summed E-state index contributed by atoms with van der Waals surface area (Å²) in [6.45, 7) is 3.00. The van der Waals surface area contributed by atoms with Crippen molar-refractivity contribution in [2.75, 3.05) is 43.9 Å². The minimum atomic E-state index is -3.60. The van der Waals surface area contributed by atoms with Crippen LogP contribution in [0.3, 0.4) is 0 Å². The molecule has 3 heterocycles. The van der Waals surface area contributed by atoms with E-state index in [1.165, 1.54) is 44.6 Å². The first-order valence-corrected chi connectivity index (χ1v) is 16.3. The number of hydrogen-bond donors (Lipinski definition) is 3. The van der Waals surface area contributed by atoms with Gasteiger partial charge in [0.25, 0.3) is 5.56 Å². The first-order valence-electron chi connectivity index (χ1n) is 14.9. The average Bonchev–Trinajstić information content (AvgIpc) is 3.45. The number of nitriles is 1. The minimum Gasteiger partial charge on any atom is -0.383 e. The molecule has 0 bridgehead atoms. The molecule has 0 aliphatic carbocycles. The fourth-order valence-electron chi connectivity index (χ4n) is 5.82. The lowest BCUT2D eigenvalue weighted by Gasteiger charge is -2.42. The Balaban J connectivity index is 1.29.